The summed E-state index contributed by atoms with van der Waals surface area (Å²) >= 11 is 5.60. The van der Waals surface area contributed by atoms with Crippen LogP contribution in [-0.2, 0) is 10.6 Å². The van der Waals surface area contributed by atoms with Gasteiger partial charge in [-0.1, -0.05) is 0 Å². The van der Waals surface area contributed by atoms with Crippen molar-refractivity contribution in [3.63, 3.8) is 0 Å². The second-order valence-electron chi connectivity index (χ2n) is 4.61. The van der Waals surface area contributed by atoms with Gasteiger partial charge in [0.05, 0.1) is 0 Å². The second kappa shape index (κ2) is 5.36. The van der Waals surface area contributed by atoms with Crippen molar-refractivity contribution in [3.8, 4) is 0 Å². The number of carbonyl (C=O) groups excluding carboxylic acids is 1. The van der Waals surface area contributed by atoms with Crippen molar-refractivity contribution in [1.82, 2.24) is 0 Å². The summed E-state index contributed by atoms with van der Waals surface area (Å²) in [5.41, 5.74) is 0.333. The number of carbonyl (C=O) groups is 1. The standard InChI is InChI=1S/C12H15ClFNO2/c1-12(2,3)17-11(16)15-10-5-8(7-13)4-9(14)6-10/h4-6H,7H2,1-3H3,(H,15,16). The predicted octanol–water partition coefficient (Wildman–Crippen LogP) is 3.91. The molecule has 1 N–H and O–H groups in total. The Balaban J connectivity index is 2.74. The second-order valence-corrected chi connectivity index (χ2v) is 4.88. The summed E-state index contributed by atoms with van der Waals surface area (Å²) in [6.45, 7) is 5.26. The van der Waals surface area contributed by atoms with Gasteiger partial charge in [-0.15, -0.1) is 11.6 Å². The molecule has 0 unspecified atom stereocenters. The summed E-state index contributed by atoms with van der Waals surface area (Å²) in [5, 5.41) is 2.45. The molecule has 3 nitrogen and oxygen atoms in total. The third kappa shape index (κ3) is 5.04. The highest BCUT2D eigenvalue weighted by atomic mass is 35.5. The van der Waals surface area contributed by atoms with Crippen LogP contribution in [0.15, 0.2) is 18.2 Å². The molecule has 0 fully saturated rings. The van der Waals surface area contributed by atoms with E-state index in [9.17, 15) is 9.18 Å². The Hall–Kier alpha value is -1.29. The van der Waals surface area contributed by atoms with Gasteiger partial charge in [-0.05, 0) is 44.5 Å². The summed E-state index contributed by atoms with van der Waals surface area (Å²) in [7, 11) is 0. The largest absolute Gasteiger partial charge is 0.444 e. The normalized spacial score (nSPS) is 11.1. The molecule has 5 heteroatoms. The molecular formula is C12H15ClFNO2. The van der Waals surface area contributed by atoms with Gasteiger partial charge in [0.15, 0.2) is 0 Å². The number of halogens is 2. The molecule has 0 aromatic heterocycles. The number of ether oxygens (including phenoxy) is 1. The van der Waals surface area contributed by atoms with Gasteiger partial charge >= 0.3 is 6.09 Å². The molecule has 0 bridgehead atoms. The van der Waals surface area contributed by atoms with Crippen molar-refractivity contribution in [3.05, 3.63) is 29.6 Å². The third-order valence-corrected chi connectivity index (χ3v) is 2.07. The fourth-order valence-electron chi connectivity index (χ4n) is 1.22. The first-order chi connectivity index (χ1) is 7.80. The summed E-state index contributed by atoms with van der Waals surface area (Å²) in [5.74, 6) is -0.268. The molecule has 1 aromatic rings. The average Bonchev–Trinajstić information content (AvgIpc) is 2.13. The number of hydrogen-bond acceptors (Lipinski definition) is 2. The van der Waals surface area contributed by atoms with E-state index in [1.54, 1.807) is 26.8 Å². The van der Waals surface area contributed by atoms with E-state index in [-0.39, 0.29) is 5.88 Å². The smallest absolute Gasteiger partial charge is 0.412 e. The van der Waals surface area contributed by atoms with Gasteiger partial charge < -0.3 is 4.74 Å². The maximum atomic E-state index is 13.2. The monoisotopic (exact) mass is 259 g/mol. The van der Waals surface area contributed by atoms with Crippen LogP contribution < -0.4 is 5.32 Å². The Labute approximate surface area is 105 Å². The van der Waals surface area contributed by atoms with Gasteiger partial charge in [0.25, 0.3) is 0 Å². The predicted molar refractivity (Wildman–Crippen MR) is 65.8 cm³/mol. The molecule has 0 aliphatic heterocycles. The Bertz CT molecular complexity index is 415. The summed E-state index contributed by atoms with van der Waals surface area (Å²) in [6.07, 6.45) is -0.622. The van der Waals surface area contributed by atoms with Gasteiger partial charge in [0, 0.05) is 11.6 Å². The number of rotatable bonds is 2. The zero-order valence-corrected chi connectivity index (χ0v) is 10.8. The van der Waals surface area contributed by atoms with Gasteiger partial charge in [-0.25, -0.2) is 9.18 Å². The van der Waals surface area contributed by atoms with Crippen molar-refractivity contribution in [2.75, 3.05) is 5.32 Å². The lowest BCUT2D eigenvalue weighted by atomic mass is 10.2. The van der Waals surface area contributed by atoms with E-state index in [1.807, 2.05) is 0 Å². The Morgan fingerprint density at radius 3 is 2.59 bits per heavy atom. The number of benzene rings is 1. The molecule has 0 saturated carbocycles. The fraction of sp³-hybridized carbons (Fsp3) is 0.417. The number of alkyl halides is 1. The highest BCUT2D eigenvalue weighted by Gasteiger charge is 2.16. The SMILES string of the molecule is CC(C)(C)OC(=O)Nc1cc(F)cc(CCl)c1. The van der Waals surface area contributed by atoms with E-state index in [0.717, 1.165) is 0 Å². The lowest BCUT2D eigenvalue weighted by molar-refractivity contribution is 0.0636. The number of nitrogens with one attached hydrogen (secondary N) is 1. The quantitative estimate of drug-likeness (QED) is 0.818. The lowest BCUT2D eigenvalue weighted by Crippen LogP contribution is -2.27. The Morgan fingerprint density at radius 1 is 1.41 bits per heavy atom. The van der Waals surface area contributed by atoms with Gasteiger partial charge in [-0.2, -0.15) is 0 Å². The number of anilines is 1. The molecule has 0 spiro atoms. The first-order valence-corrected chi connectivity index (χ1v) is 5.69. The number of amides is 1. The molecule has 0 radical (unpaired) electrons. The molecule has 1 rings (SSSR count). The molecule has 0 aliphatic rings. The van der Waals surface area contributed by atoms with Crippen LogP contribution in [-0.4, -0.2) is 11.7 Å². The van der Waals surface area contributed by atoms with Crippen molar-refractivity contribution in [1.29, 1.82) is 0 Å². The molecule has 0 aliphatic carbocycles. The van der Waals surface area contributed by atoms with Crippen LogP contribution in [0.25, 0.3) is 0 Å². The highest BCUT2D eigenvalue weighted by molar-refractivity contribution is 6.17. The molecule has 0 heterocycles. The van der Waals surface area contributed by atoms with Crippen molar-refractivity contribution in [2.45, 2.75) is 32.3 Å². The zero-order valence-electron chi connectivity index (χ0n) is 10.0. The summed E-state index contributed by atoms with van der Waals surface area (Å²) in [4.78, 5) is 11.5. The van der Waals surface area contributed by atoms with E-state index in [4.69, 9.17) is 16.3 Å². The maximum absolute atomic E-state index is 13.2. The number of hydrogen-bond donors (Lipinski definition) is 1. The van der Waals surface area contributed by atoms with Crippen LogP contribution in [0.2, 0.25) is 0 Å². The molecular weight excluding hydrogens is 245 g/mol. The van der Waals surface area contributed by atoms with E-state index in [1.165, 1.54) is 12.1 Å². The van der Waals surface area contributed by atoms with Crippen molar-refractivity contribution < 1.29 is 13.9 Å². The van der Waals surface area contributed by atoms with E-state index in [0.29, 0.717) is 11.3 Å². The fourth-order valence-corrected chi connectivity index (χ4v) is 1.38. The minimum atomic E-state index is -0.622. The van der Waals surface area contributed by atoms with Crippen LogP contribution in [0, 0.1) is 5.82 Å². The molecule has 1 amide bonds. The third-order valence-electron chi connectivity index (χ3n) is 1.76. The highest BCUT2D eigenvalue weighted by Crippen LogP contribution is 2.17. The van der Waals surface area contributed by atoms with Gasteiger partial charge in [-0.3, -0.25) is 5.32 Å². The molecule has 1 aromatic carbocycles. The molecule has 0 atom stereocenters. The average molecular weight is 260 g/mol. The first-order valence-electron chi connectivity index (χ1n) is 5.15. The van der Waals surface area contributed by atoms with Gasteiger partial charge in [0.1, 0.15) is 11.4 Å². The first kappa shape index (κ1) is 13.8. The minimum absolute atomic E-state index is 0.181. The van der Waals surface area contributed by atoms with E-state index in [2.05, 4.69) is 5.32 Å². The van der Waals surface area contributed by atoms with E-state index >= 15 is 0 Å². The lowest BCUT2D eigenvalue weighted by Gasteiger charge is -2.19. The Kier molecular flexibility index (Phi) is 4.34. The van der Waals surface area contributed by atoms with Crippen LogP contribution in [0.1, 0.15) is 26.3 Å². The maximum Gasteiger partial charge on any atom is 0.412 e. The van der Waals surface area contributed by atoms with Gasteiger partial charge in [0.2, 0.25) is 0 Å². The van der Waals surface area contributed by atoms with Crippen molar-refractivity contribution in [2.24, 2.45) is 0 Å². The summed E-state index contributed by atoms with van der Waals surface area (Å²) < 4.78 is 18.2. The molecule has 94 valence electrons. The van der Waals surface area contributed by atoms with Crippen LogP contribution >= 0.6 is 11.6 Å². The van der Waals surface area contributed by atoms with Crippen LogP contribution in [0.3, 0.4) is 0 Å². The van der Waals surface area contributed by atoms with Crippen molar-refractivity contribution >= 4 is 23.4 Å². The topological polar surface area (TPSA) is 38.3 Å². The molecule has 17 heavy (non-hydrogen) atoms. The van der Waals surface area contributed by atoms with Crippen LogP contribution in [0.4, 0.5) is 14.9 Å². The molecule has 0 saturated heterocycles. The summed E-state index contributed by atoms with van der Waals surface area (Å²) in [6, 6.07) is 4.12. The van der Waals surface area contributed by atoms with Crippen LogP contribution in [0.5, 0.6) is 0 Å². The zero-order chi connectivity index (χ0) is 13.1. The van der Waals surface area contributed by atoms with E-state index < -0.39 is 17.5 Å². The minimum Gasteiger partial charge on any atom is -0.444 e. The Morgan fingerprint density at radius 2 is 2.06 bits per heavy atom.